The number of nitrogens with zero attached hydrogens (tertiary/aromatic N) is 5. The molecule has 0 bridgehead atoms. The highest BCUT2D eigenvalue weighted by atomic mass is 19.4. The Morgan fingerprint density at radius 1 is 0.845 bits per heavy atom. The van der Waals surface area contributed by atoms with E-state index < -0.39 is 96.1 Å². The second-order valence-corrected chi connectivity index (χ2v) is 17.5. The summed E-state index contributed by atoms with van der Waals surface area (Å²) in [6, 6.07) is -3.82. The van der Waals surface area contributed by atoms with Crippen LogP contribution in [-0.2, 0) is 33.2 Å². The Morgan fingerprint density at radius 3 is 1.97 bits per heavy atom. The lowest BCUT2D eigenvalue weighted by molar-refractivity contribution is -0.198. The molecule has 326 valence electrons. The number of carboxylic acid groups (broad SMARTS) is 1. The van der Waals surface area contributed by atoms with E-state index in [1.165, 1.54) is 38.3 Å². The Kier molecular flexibility index (Phi) is 13.8. The van der Waals surface area contributed by atoms with Crippen LogP contribution in [0.25, 0.3) is 11.2 Å². The number of aliphatic carboxylic acids is 1. The summed E-state index contributed by atoms with van der Waals surface area (Å²) >= 11 is 0. The number of rotatable bonds is 13. The monoisotopic (exact) mass is 832 g/mol. The van der Waals surface area contributed by atoms with Crippen molar-refractivity contribution in [2.75, 3.05) is 25.0 Å². The average Bonchev–Trinajstić information content (AvgIpc) is 3.68. The van der Waals surface area contributed by atoms with Gasteiger partial charge in [-0.05, 0) is 89.0 Å². The molecule has 1 unspecified atom stereocenters. The first kappa shape index (κ1) is 46.2. The van der Waals surface area contributed by atoms with Crippen molar-refractivity contribution in [2.45, 2.75) is 154 Å². The van der Waals surface area contributed by atoms with Crippen molar-refractivity contribution < 1.29 is 65.9 Å². The van der Waals surface area contributed by atoms with Gasteiger partial charge in [-0.25, -0.2) is 34.1 Å². The molecule has 3 amide bonds. The largest absolute Gasteiger partial charge is 0.480 e. The Bertz CT molecular complexity index is 1790. The number of ether oxygens (including phenoxy) is 6. The zero-order valence-corrected chi connectivity index (χ0v) is 34.6. The highest BCUT2D eigenvalue weighted by Crippen LogP contribution is 2.44. The maximum absolute atomic E-state index is 14.3. The number of halogens is 3. The molecule has 0 radical (unpaired) electrons. The molecule has 0 saturated carbocycles. The number of alkyl carbamates (subject to hydrolysis) is 2. The van der Waals surface area contributed by atoms with Crippen molar-refractivity contribution in [1.29, 1.82) is 0 Å². The van der Waals surface area contributed by atoms with Crippen LogP contribution >= 0.6 is 0 Å². The summed E-state index contributed by atoms with van der Waals surface area (Å²) in [7, 11) is 0. The zero-order valence-electron chi connectivity index (χ0n) is 34.6. The molecule has 0 aliphatic carbocycles. The minimum atomic E-state index is -4.88. The normalized spacial score (nSPS) is 21.9. The number of carboxylic acids is 1. The Morgan fingerprint density at radius 2 is 1.40 bits per heavy atom. The van der Waals surface area contributed by atoms with Crippen molar-refractivity contribution in [3.8, 4) is 0 Å². The quantitative estimate of drug-likeness (QED) is 0.193. The fraction of sp³-hybridized carbons (Fsp3) is 0.750. The number of fused-ring (bicyclic) bond motifs is 2. The molecule has 2 aromatic heterocycles. The molecule has 19 nitrogen and oxygen atoms in total. The summed E-state index contributed by atoms with van der Waals surface area (Å²) in [5.41, 5.74) is -2.34. The SMILES string of the molecule is CC(C)(C)OC(=O)Nc1ncnc2c1ncn2[C@@H]1O[C@H](CN(CCC(NC(=O)OC(C)(C)C)C(F)(F)F)CC[C@H](NC(=O)OC(C)(C)C)C(=O)O)[C@H]2OC(C)(C)O[C@H]21. The van der Waals surface area contributed by atoms with E-state index in [1.807, 2.05) is 5.32 Å². The van der Waals surface area contributed by atoms with Crippen LogP contribution in [0.5, 0.6) is 0 Å². The molecular weight excluding hydrogens is 777 g/mol. The fourth-order valence-electron chi connectivity index (χ4n) is 6.21. The average molecular weight is 833 g/mol. The van der Waals surface area contributed by atoms with Gasteiger partial charge in [0, 0.05) is 19.6 Å². The minimum absolute atomic E-state index is 0.0615. The first-order valence-electron chi connectivity index (χ1n) is 18.7. The first-order valence-corrected chi connectivity index (χ1v) is 18.7. The maximum atomic E-state index is 14.3. The lowest BCUT2D eigenvalue weighted by atomic mass is 10.1. The Labute approximate surface area is 334 Å². The molecule has 0 aromatic carbocycles. The Hall–Kier alpha value is -4.54. The molecule has 4 rings (SSSR count). The van der Waals surface area contributed by atoms with E-state index in [0.717, 1.165) is 0 Å². The van der Waals surface area contributed by atoms with Crippen molar-refractivity contribution in [3.63, 3.8) is 0 Å². The molecular formula is C36H55F3N8O11. The highest BCUT2D eigenvalue weighted by molar-refractivity contribution is 5.93. The second-order valence-electron chi connectivity index (χ2n) is 17.5. The number of carbonyl (C=O) groups excluding carboxylic acids is 3. The topological polar surface area (TPSA) is 227 Å². The number of alkyl halides is 3. The maximum Gasteiger partial charge on any atom is 0.413 e. The number of carbonyl (C=O) groups is 4. The van der Waals surface area contributed by atoms with Gasteiger partial charge in [-0.15, -0.1) is 0 Å². The van der Waals surface area contributed by atoms with Gasteiger partial charge >= 0.3 is 30.4 Å². The van der Waals surface area contributed by atoms with Crippen molar-refractivity contribution in [1.82, 2.24) is 35.1 Å². The van der Waals surface area contributed by atoms with Gasteiger partial charge in [0.1, 0.15) is 53.5 Å². The summed E-state index contributed by atoms with van der Waals surface area (Å²) in [5, 5.41) is 16.7. The second kappa shape index (κ2) is 17.4. The summed E-state index contributed by atoms with van der Waals surface area (Å²) < 4.78 is 79.1. The molecule has 2 aliphatic heterocycles. The van der Waals surface area contributed by atoms with Crippen molar-refractivity contribution in [3.05, 3.63) is 12.7 Å². The Balaban J connectivity index is 1.62. The molecule has 22 heteroatoms. The smallest absolute Gasteiger partial charge is 0.413 e. The third kappa shape index (κ3) is 13.2. The molecule has 2 aromatic rings. The predicted molar refractivity (Wildman–Crippen MR) is 199 cm³/mol. The number of aromatic nitrogens is 4. The lowest BCUT2D eigenvalue weighted by Gasteiger charge is -2.31. The van der Waals surface area contributed by atoms with Gasteiger partial charge in [-0.2, -0.15) is 13.2 Å². The standard InChI is InChI=1S/C36H55F3N8O11/c1-32(2,3)56-29(50)43-19(28(48)49)12-14-46(15-13-21(36(37,38)39)44-30(51)57-33(4,5)6)16-20-23-24(55-35(10,11)54-23)27(53-20)47-18-42-22-25(40-17-41-26(22)47)45-31(52)58-34(7,8)9/h17-21,23-24,27H,12-16H2,1-11H3,(H,43,50)(H,44,51)(H,48,49)(H,40,41,45,52)/t19-,20+,21?,23+,24+,27+/m0/s1. The highest BCUT2D eigenvalue weighted by Gasteiger charge is 2.56. The van der Waals surface area contributed by atoms with Gasteiger partial charge in [0.25, 0.3) is 0 Å². The van der Waals surface area contributed by atoms with E-state index in [2.05, 4.69) is 25.6 Å². The summed E-state index contributed by atoms with van der Waals surface area (Å²) in [4.78, 5) is 64.1. The number of anilines is 1. The number of nitrogens with one attached hydrogen (secondary N) is 3. The van der Waals surface area contributed by atoms with E-state index in [1.54, 1.807) is 60.0 Å². The van der Waals surface area contributed by atoms with E-state index in [0.29, 0.717) is 0 Å². The molecule has 0 spiro atoms. The molecule has 2 fully saturated rings. The van der Waals surface area contributed by atoms with E-state index in [9.17, 15) is 37.5 Å². The summed E-state index contributed by atoms with van der Waals surface area (Å²) in [6.07, 6.45) is -9.64. The van der Waals surface area contributed by atoms with Crippen LogP contribution in [0.2, 0.25) is 0 Å². The van der Waals surface area contributed by atoms with Gasteiger partial charge in [0.05, 0.1) is 6.33 Å². The first-order chi connectivity index (χ1) is 26.5. The van der Waals surface area contributed by atoms with Crippen LogP contribution in [0.3, 0.4) is 0 Å². The van der Waals surface area contributed by atoms with Crippen LogP contribution in [0.4, 0.5) is 33.4 Å². The lowest BCUT2D eigenvalue weighted by Crippen LogP contribution is -2.50. The van der Waals surface area contributed by atoms with Crippen LogP contribution in [0.15, 0.2) is 12.7 Å². The fourth-order valence-corrected chi connectivity index (χ4v) is 6.21. The van der Waals surface area contributed by atoms with Crippen molar-refractivity contribution >= 4 is 41.2 Å². The molecule has 6 atom stereocenters. The number of imidazole rings is 1. The third-order valence-corrected chi connectivity index (χ3v) is 8.36. The third-order valence-electron chi connectivity index (χ3n) is 8.36. The van der Waals surface area contributed by atoms with Crippen LogP contribution in [0.1, 0.15) is 95.2 Å². The van der Waals surface area contributed by atoms with Gasteiger partial charge < -0.3 is 49.1 Å². The number of hydrogen-bond donors (Lipinski definition) is 4. The van der Waals surface area contributed by atoms with Crippen LogP contribution in [-0.4, -0.2) is 133 Å². The number of hydrogen-bond acceptors (Lipinski definition) is 14. The summed E-state index contributed by atoms with van der Waals surface area (Å²) in [6.45, 7) is 17.2. The van der Waals surface area contributed by atoms with E-state index in [4.69, 9.17) is 28.4 Å². The molecule has 4 heterocycles. The predicted octanol–water partition coefficient (Wildman–Crippen LogP) is 5.11. The van der Waals surface area contributed by atoms with Gasteiger partial charge in [0.2, 0.25) is 0 Å². The van der Waals surface area contributed by atoms with Crippen molar-refractivity contribution in [2.24, 2.45) is 0 Å². The molecule has 4 N–H and O–H groups in total. The molecule has 2 aliphatic rings. The van der Waals surface area contributed by atoms with E-state index in [-0.39, 0.29) is 43.0 Å². The molecule has 2 saturated heterocycles. The van der Waals surface area contributed by atoms with Crippen LogP contribution < -0.4 is 16.0 Å². The van der Waals surface area contributed by atoms with Crippen LogP contribution in [0, 0.1) is 0 Å². The van der Waals surface area contributed by atoms with Gasteiger partial charge in [0.15, 0.2) is 29.0 Å². The van der Waals surface area contributed by atoms with Gasteiger partial charge in [-0.1, -0.05) is 0 Å². The van der Waals surface area contributed by atoms with E-state index >= 15 is 0 Å². The van der Waals surface area contributed by atoms with Gasteiger partial charge in [-0.3, -0.25) is 9.88 Å². The minimum Gasteiger partial charge on any atom is -0.480 e. The zero-order chi connectivity index (χ0) is 43.6. The summed E-state index contributed by atoms with van der Waals surface area (Å²) in [5.74, 6) is -2.46. The number of amides is 3. The molecule has 58 heavy (non-hydrogen) atoms.